The number of amidine groups is 1. The summed E-state index contributed by atoms with van der Waals surface area (Å²) >= 11 is 0. The van der Waals surface area contributed by atoms with Crippen molar-refractivity contribution >= 4 is 11.7 Å². The maximum absolute atomic E-state index is 12.2. The number of nitrogens with zero attached hydrogens (tertiary/aromatic N) is 1. The molecule has 0 spiro atoms. The zero-order valence-electron chi connectivity index (χ0n) is 10.0. The number of benzene rings is 1. The van der Waals surface area contributed by atoms with Crippen molar-refractivity contribution in [1.29, 1.82) is 0 Å². The topological polar surface area (TPSA) is 96.9 Å². The first-order valence-electron chi connectivity index (χ1n) is 5.27. The molecule has 1 rings (SSSR count). The number of rotatable bonds is 5. The van der Waals surface area contributed by atoms with E-state index in [4.69, 9.17) is 10.9 Å². The summed E-state index contributed by atoms with van der Waals surface area (Å²) in [5.41, 5.74) is 5.23. The quantitative estimate of drug-likeness (QED) is 0.324. The summed E-state index contributed by atoms with van der Waals surface area (Å²) in [6.45, 7) is -1.56. The van der Waals surface area contributed by atoms with Crippen LogP contribution in [0.3, 0.4) is 0 Å². The average molecular weight is 273 g/mol. The third-order valence-electron chi connectivity index (χ3n) is 2.25. The molecule has 1 aromatic rings. The largest absolute Gasteiger partial charge is 0.434 e. The van der Waals surface area contributed by atoms with Gasteiger partial charge in [0.25, 0.3) is 5.91 Å². The van der Waals surface area contributed by atoms with E-state index in [0.29, 0.717) is 0 Å². The lowest BCUT2D eigenvalue weighted by Crippen LogP contribution is -2.42. The van der Waals surface area contributed by atoms with Gasteiger partial charge in [0.2, 0.25) is 0 Å². The molecule has 6 nitrogen and oxygen atoms in total. The van der Waals surface area contributed by atoms with Crippen LogP contribution in [0.1, 0.15) is 17.3 Å². The van der Waals surface area contributed by atoms with Gasteiger partial charge in [0.1, 0.15) is 5.75 Å². The number of carbonyl (C=O) groups excluding carboxylic acids is 1. The first-order chi connectivity index (χ1) is 8.95. The third kappa shape index (κ3) is 4.09. The van der Waals surface area contributed by atoms with Gasteiger partial charge in [-0.15, -0.1) is 0 Å². The number of amides is 1. The molecular weight excluding hydrogens is 260 g/mol. The first kappa shape index (κ1) is 14.7. The van der Waals surface area contributed by atoms with Crippen molar-refractivity contribution in [2.24, 2.45) is 10.9 Å². The number of nitrogens with one attached hydrogen (secondary N) is 1. The van der Waals surface area contributed by atoms with Crippen LogP contribution in [-0.2, 0) is 0 Å². The van der Waals surface area contributed by atoms with Crippen LogP contribution in [0.5, 0.6) is 5.75 Å². The summed E-state index contributed by atoms with van der Waals surface area (Å²) in [6.07, 6.45) is 0. The van der Waals surface area contributed by atoms with E-state index >= 15 is 0 Å². The molecule has 0 aliphatic carbocycles. The van der Waals surface area contributed by atoms with Crippen molar-refractivity contribution < 1.29 is 23.5 Å². The van der Waals surface area contributed by atoms with Gasteiger partial charge in [0.15, 0.2) is 5.84 Å². The van der Waals surface area contributed by atoms with E-state index in [1.54, 1.807) is 0 Å². The molecule has 1 unspecified atom stereocenters. The molecule has 0 aliphatic rings. The smallest absolute Gasteiger partial charge is 0.387 e. The Morgan fingerprint density at radius 2 is 2.11 bits per heavy atom. The molecule has 0 bridgehead atoms. The van der Waals surface area contributed by atoms with Gasteiger partial charge in [-0.25, -0.2) is 0 Å². The highest BCUT2D eigenvalue weighted by Crippen LogP contribution is 2.20. The van der Waals surface area contributed by atoms with Crippen molar-refractivity contribution in [1.82, 2.24) is 5.32 Å². The van der Waals surface area contributed by atoms with Crippen LogP contribution in [0, 0.1) is 0 Å². The lowest BCUT2D eigenvalue weighted by atomic mass is 10.1. The fraction of sp³-hybridized carbons (Fsp3) is 0.273. The Kier molecular flexibility index (Phi) is 5.04. The van der Waals surface area contributed by atoms with Crippen molar-refractivity contribution in [2.75, 3.05) is 0 Å². The molecule has 0 aromatic heterocycles. The number of halogens is 2. The van der Waals surface area contributed by atoms with Crippen LogP contribution in [0.15, 0.2) is 29.4 Å². The molecule has 1 amide bonds. The number of oxime groups is 1. The zero-order chi connectivity index (χ0) is 14.4. The number of para-hydroxylation sites is 1. The van der Waals surface area contributed by atoms with Crippen LogP contribution in [0.25, 0.3) is 0 Å². The summed E-state index contributed by atoms with van der Waals surface area (Å²) in [7, 11) is 0. The Labute approximate surface area is 107 Å². The predicted molar refractivity (Wildman–Crippen MR) is 63.4 cm³/mol. The molecule has 104 valence electrons. The Morgan fingerprint density at radius 1 is 1.47 bits per heavy atom. The van der Waals surface area contributed by atoms with Crippen molar-refractivity contribution in [2.45, 2.75) is 19.6 Å². The second kappa shape index (κ2) is 6.53. The fourth-order valence-electron chi connectivity index (χ4n) is 1.29. The highest BCUT2D eigenvalue weighted by molar-refractivity contribution is 6.00. The summed E-state index contributed by atoms with van der Waals surface area (Å²) in [5.74, 6) is -1.13. The van der Waals surface area contributed by atoms with Gasteiger partial charge in [-0.05, 0) is 19.1 Å². The number of alkyl halides is 2. The van der Waals surface area contributed by atoms with E-state index in [1.165, 1.54) is 31.2 Å². The Balaban J connectivity index is 2.88. The SMILES string of the molecule is CC(NC(=O)c1ccccc1OC(F)F)/C(N)=N/O. The highest BCUT2D eigenvalue weighted by Gasteiger charge is 2.18. The molecule has 0 saturated carbocycles. The Hall–Kier alpha value is -2.38. The van der Waals surface area contributed by atoms with Gasteiger partial charge in [-0.3, -0.25) is 4.79 Å². The van der Waals surface area contributed by atoms with Crippen molar-refractivity contribution in [3.05, 3.63) is 29.8 Å². The van der Waals surface area contributed by atoms with Gasteiger partial charge in [0.05, 0.1) is 11.6 Å². The normalized spacial score (nSPS) is 13.2. The number of ether oxygens (including phenoxy) is 1. The Morgan fingerprint density at radius 3 is 2.68 bits per heavy atom. The molecule has 1 aromatic carbocycles. The fourth-order valence-corrected chi connectivity index (χ4v) is 1.29. The molecule has 4 N–H and O–H groups in total. The number of carbonyl (C=O) groups is 1. The second-order valence-corrected chi connectivity index (χ2v) is 3.59. The van der Waals surface area contributed by atoms with Crippen LogP contribution >= 0.6 is 0 Å². The number of hydrogen-bond donors (Lipinski definition) is 3. The maximum Gasteiger partial charge on any atom is 0.387 e. The minimum Gasteiger partial charge on any atom is -0.434 e. The summed E-state index contributed by atoms with van der Waals surface area (Å²) in [5, 5.41) is 13.6. The van der Waals surface area contributed by atoms with E-state index in [1.807, 2.05) is 0 Å². The third-order valence-corrected chi connectivity index (χ3v) is 2.25. The standard InChI is InChI=1S/C11H13F2N3O3/c1-6(9(14)16-18)15-10(17)7-4-2-3-5-8(7)19-11(12)13/h2-6,11,18H,1H3,(H2,14,16)(H,15,17). The second-order valence-electron chi connectivity index (χ2n) is 3.59. The first-order valence-corrected chi connectivity index (χ1v) is 5.27. The number of hydrogen-bond acceptors (Lipinski definition) is 4. The minimum atomic E-state index is -3.03. The lowest BCUT2D eigenvalue weighted by Gasteiger charge is -2.14. The monoisotopic (exact) mass is 273 g/mol. The average Bonchev–Trinajstić information content (AvgIpc) is 2.37. The van der Waals surface area contributed by atoms with E-state index in [-0.39, 0.29) is 17.1 Å². The molecule has 8 heteroatoms. The Bertz CT molecular complexity index is 480. The van der Waals surface area contributed by atoms with Gasteiger partial charge >= 0.3 is 6.61 Å². The van der Waals surface area contributed by atoms with Crippen LogP contribution in [-0.4, -0.2) is 29.6 Å². The highest BCUT2D eigenvalue weighted by atomic mass is 19.3. The van der Waals surface area contributed by atoms with Crippen molar-refractivity contribution in [3.8, 4) is 5.75 Å². The maximum atomic E-state index is 12.2. The van der Waals surface area contributed by atoms with E-state index in [2.05, 4.69) is 15.2 Å². The number of nitrogens with two attached hydrogens (primary N) is 1. The van der Waals surface area contributed by atoms with Crippen LogP contribution < -0.4 is 15.8 Å². The lowest BCUT2D eigenvalue weighted by molar-refractivity contribution is -0.0501. The van der Waals surface area contributed by atoms with Gasteiger partial charge in [0, 0.05) is 0 Å². The molecule has 0 saturated heterocycles. The predicted octanol–water partition coefficient (Wildman–Crippen LogP) is 1.15. The van der Waals surface area contributed by atoms with E-state index in [9.17, 15) is 13.6 Å². The molecule has 0 aliphatic heterocycles. The van der Waals surface area contributed by atoms with Gasteiger partial charge in [-0.2, -0.15) is 8.78 Å². The minimum absolute atomic E-state index is 0.0691. The van der Waals surface area contributed by atoms with Crippen molar-refractivity contribution in [3.63, 3.8) is 0 Å². The van der Waals surface area contributed by atoms with E-state index < -0.39 is 18.6 Å². The molecular formula is C11H13F2N3O3. The molecule has 1 atom stereocenters. The van der Waals surface area contributed by atoms with E-state index in [0.717, 1.165) is 0 Å². The van der Waals surface area contributed by atoms with Gasteiger partial charge < -0.3 is 21.0 Å². The summed E-state index contributed by atoms with van der Waals surface area (Å²) < 4.78 is 28.6. The molecule has 19 heavy (non-hydrogen) atoms. The summed E-state index contributed by atoms with van der Waals surface area (Å²) in [6, 6.07) is 4.78. The molecule has 0 heterocycles. The van der Waals surface area contributed by atoms with Gasteiger partial charge in [-0.1, -0.05) is 17.3 Å². The van der Waals surface area contributed by atoms with Crippen LogP contribution in [0.4, 0.5) is 8.78 Å². The molecule has 0 radical (unpaired) electrons. The molecule has 0 fully saturated rings. The summed E-state index contributed by atoms with van der Waals surface area (Å²) in [4.78, 5) is 11.8. The van der Waals surface area contributed by atoms with Crippen LogP contribution in [0.2, 0.25) is 0 Å². The zero-order valence-corrected chi connectivity index (χ0v) is 10.0.